The Labute approximate surface area is 73.9 Å². The highest BCUT2D eigenvalue weighted by molar-refractivity contribution is 5.85. The Bertz CT molecular complexity index is 109. The molecule has 0 fully saturated rings. The summed E-state index contributed by atoms with van der Waals surface area (Å²) in [5.41, 5.74) is 0. The van der Waals surface area contributed by atoms with E-state index < -0.39 is 0 Å². The van der Waals surface area contributed by atoms with Crippen LogP contribution in [0, 0.1) is 0 Å². The van der Waals surface area contributed by atoms with E-state index in [1.54, 1.807) is 0 Å². The summed E-state index contributed by atoms with van der Waals surface area (Å²) in [4.78, 5) is 10.8. The van der Waals surface area contributed by atoms with Gasteiger partial charge >= 0.3 is 5.97 Å². The van der Waals surface area contributed by atoms with Crippen LogP contribution in [0.3, 0.4) is 0 Å². The number of carbonyl (C=O) groups excluding carboxylic acids is 1. The summed E-state index contributed by atoms with van der Waals surface area (Å²) in [5.74, 6) is -0.135. The van der Waals surface area contributed by atoms with Crippen molar-refractivity contribution in [2.45, 2.75) is 26.3 Å². The van der Waals surface area contributed by atoms with Gasteiger partial charge in [-0.1, -0.05) is 0 Å². The maximum absolute atomic E-state index is 10.8. The van der Waals surface area contributed by atoms with Crippen molar-refractivity contribution in [1.29, 1.82) is 0 Å². The Balaban J connectivity index is 0. The SMILES string of the molecule is CCOC(=O)CC(C)NC.Cl. The lowest BCUT2D eigenvalue weighted by molar-refractivity contribution is -0.143. The number of nitrogens with one attached hydrogen (secondary N) is 1. The molecule has 0 aromatic heterocycles. The first-order valence-corrected chi connectivity index (χ1v) is 3.53. The lowest BCUT2D eigenvalue weighted by Crippen LogP contribution is -2.25. The molecule has 4 heteroatoms. The van der Waals surface area contributed by atoms with Crippen LogP contribution in [0.1, 0.15) is 20.3 Å². The lowest BCUT2D eigenvalue weighted by atomic mass is 10.2. The van der Waals surface area contributed by atoms with E-state index in [1.165, 1.54) is 0 Å². The van der Waals surface area contributed by atoms with Crippen molar-refractivity contribution in [2.24, 2.45) is 0 Å². The van der Waals surface area contributed by atoms with Gasteiger partial charge in [-0.25, -0.2) is 0 Å². The summed E-state index contributed by atoms with van der Waals surface area (Å²) in [6.07, 6.45) is 0.449. The van der Waals surface area contributed by atoms with Crippen LogP contribution in [0.2, 0.25) is 0 Å². The van der Waals surface area contributed by atoms with Crippen LogP contribution in [-0.4, -0.2) is 25.7 Å². The van der Waals surface area contributed by atoms with E-state index in [1.807, 2.05) is 20.9 Å². The van der Waals surface area contributed by atoms with Crippen molar-refractivity contribution < 1.29 is 9.53 Å². The van der Waals surface area contributed by atoms with Crippen LogP contribution in [0.4, 0.5) is 0 Å². The monoisotopic (exact) mass is 181 g/mol. The molecule has 0 aliphatic rings. The maximum atomic E-state index is 10.8. The molecule has 0 bridgehead atoms. The van der Waals surface area contributed by atoms with Crippen molar-refractivity contribution in [1.82, 2.24) is 5.32 Å². The zero-order valence-corrected chi connectivity index (χ0v) is 8.03. The smallest absolute Gasteiger partial charge is 0.307 e. The summed E-state index contributed by atoms with van der Waals surface area (Å²) in [7, 11) is 1.82. The predicted octanol–water partition coefficient (Wildman–Crippen LogP) is 0.969. The van der Waals surface area contributed by atoms with Crippen LogP contribution < -0.4 is 5.32 Å². The predicted molar refractivity (Wildman–Crippen MR) is 47.0 cm³/mol. The van der Waals surface area contributed by atoms with Crippen molar-refractivity contribution >= 4 is 18.4 Å². The van der Waals surface area contributed by atoms with Gasteiger partial charge in [0.25, 0.3) is 0 Å². The maximum Gasteiger partial charge on any atom is 0.307 e. The third kappa shape index (κ3) is 7.62. The number of carbonyl (C=O) groups is 1. The van der Waals surface area contributed by atoms with Crippen molar-refractivity contribution in [3.05, 3.63) is 0 Å². The van der Waals surface area contributed by atoms with E-state index in [9.17, 15) is 4.79 Å². The number of hydrogen-bond acceptors (Lipinski definition) is 3. The zero-order chi connectivity index (χ0) is 7.98. The Morgan fingerprint density at radius 2 is 2.18 bits per heavy atom. The van der Waals surface area contributed by atoms with Gasteiger partial charge in [0.15, 0.2) is 0 Å². The minimum absolute atomic E-state index is 0. The lowest BCUT2D eigenvalue weighted by Gasteiger charge is -2.07. The Kier molecular flexibility index (Phi) is 9.47. The van der Waals surface area contributed by atoms with E-state index in [2.05, 4.69) is 5.32 Å². The molecule has 0 aliphatic carbocycles. The normalized spacial score (nSPS) is 11.5. The minimum Gasteiger partial charge on any atom is -0.466 e. The molecule has 0 amide bonds. The summed E-state index contributed by atoms with van der Waals surface area (Å²) in [6.45, 7) is 4.22. The highest BCUT2D eigenvalue weighted by atomic mass is 35.5. The van der Waals surface area contributed by atoms with E-state index >= 15 is 0 Å². The average molecular weight is 182 g/mol. The van der Waals surface area contributed by atoms with E-state index in [-0.39, 0.29) is 24.4 Å². The van der Waals surface area contributed by atoms with Gasteiger partial charge in [0, 0.05) is 6.04 Å². The fraction of sp³-hybridized carbons (Fsp3) is 0.857. The molecular formula is C7H16ClNO2. The van der Waals surface area contributed by atoms with Gasteiger partial charge in [0.2, 0.25) is 0 Å². The second kappa shape index (κ2) is 7.82. The van der Waals surface area contributed by atoms with E-state index in [4.69, 9.17) is 4.74 Å². The molecule has 0 radical (unpaired) electrons. The summed E-state index contributed by atoms with van der Waals surface area (Å²) in [5, 5.41) is 2.95. The first kappa shape index (κ1) is 13.3. The van der Waals surface area contributed by atoms with Gasteiger partial charge in [-0.3, -0.25) is 4.79 Å². The quantitative estimate of drug-likeness (QED) is 0.657. The van der Waals surface area contributed by atoms with Crippen LogP contribution in [0.25, 0.3) is 0 Å². The first-order chi connectivity index (χ1) is 4.70. The molecule has 0 aliphatic heterocycles. The van der Waals surface area contributed by atoms with E-state index in [0.29, 0.717) is 13.0 Å². The number of ether oxygens (including phenoxy) is 1. The topological polar surface area (TPSA) is 38.3 Å². The van der Waals surface area contributed by atoms with Crippen molar-refractivity contribution in [3.63, 3.8) is 0 Å². The third-order valence-corrected chi connectivity index (χ3v) is 1.27. The molecule has 0 rings (SSSR count). The molecule has 0 spiro atoms. The van der Waals surface area contributed by atoms with Crippen LogP contribution in [0.5, 0.6) is 0 Å². The molecule has 1 N–H and O–H groups in total. The highest BCUT2D eigenvalue weighted by Crippen LogP contribution is 1.91. The van der Waals surface area contributed by atoms with Crippen LogP contribution in [-0.2, 0) is 9.53 Å². The first-order valence-electron chi connectivity index (χ1n) is 3.53. The largest absolute Gasteiger partial charge is 0.466 e. The molecule has 0 saturated carbocycles. The average Bonchev–Trinajstić information content (AvgIpc) is 1.88. The Morgan fingerprint density at radius 3 is 2.55 bits per heavy atom. The third-order valence-electron chi connectivity index (χ3n) is 1.27. The molecule has 0 heterocycles. The van der Waals surface area contributed by atoms with E-state index in [0.717, 1.165) is 0 Å². The molecule has 1 unspecified atom stereocenters. The molecule has 0 aromatic rings. The second-order valence-electron chi connectivity index (χ2n) is 2.20. The standard InChI is InChI=1S/C7H15NO2.ClH/c1-4-10-7(9)5-6(2)8-3;/h6,8H,4-5H2,1-3H3;1H. The summed E-state index contributed by atoms with van der Waals surface area (Å²) in [6, 6.07) is 0.207. The van der Waals surface area contributed by atoms with Gasteiger partial charge in [-0.15, -0.1) is 12.4 Å². The minimum atomic E-state index is -0.135. The van der Waals surface area contributed by atoms with Crippen molar-refractivity contribution in [2.75, 3.05) is 13.7 Å². The second-order valence-corrected chi connectivity index (χ2v) is 2.20. The molecule has 3 nitrogen and oxygen atoms in total. The number of rotatable bonds is 4. The van der Waals surface area contributed by atoms with Crippen LogP contribution in [0.15, 0.2) is 0 Å². The highest BCUT2D eigenvalue weighted by Gasteiger charge is 2.05. The number of halogens is 1. The molecule has 0 aromatic carbocycles. The van der Waals surface area contributed by atoms with Gasteiger partial charge in [0.05, 0.1) is 13.0 Å². The van der Waals surface area contributed by atoms with Crippen molar-refractivity contribution in [3.8, 4) is 0 Å². The van der Waals surface area contributed by atoms with Crippen LogP contribution >= 0.6 is 12.4 Å². The van der Waals surface area contributed by atoms with Gasteiger partial charge in [0.1, 0.15) is 0 Å². The number of esters is 1. The van der Waals surface area contributed by atoms with Gasteiger partial charge < -0.3 is 10.1 Å². The molecule has 68 valence electrons. The Hall–Kier alpha value is -0.280. The number of hydrogen-bond donors (Lipinski definition) is 1. The molecule has 1 atom stereocenters. The molecule has 11 heavy (non-hydrogen) atoms. The van der Waals surface area contributed by atoms with Gasteiger partial charge in [-0.05, 0) is 20.9 Å². The van der Waals surface area contributed by atoms with Gasteiger partial charge in [-0.2, -0.15) is 0 Å². The fourth-order valence-corrected chi connectivity index (χ4v) is 0.572. The fourth-order valence-electron chi connectivity index (χ4n) is 0.572. The Morgan fingerprint density at radius 1 is 1.64 bits per heavy atom. The molecular weight excluding hydrogens is 166 g/mol. The summed E-state index contributed by atoms with van der Waals surface area (Å²) >= 11 is 0. The molecule has 0 saturated heterocycles. The summed E-state index contributed by atoms with van der Waals surface area (Å²) < 4.78 is 4.74. The zero-order valence-electron chi connectivity index (χ0n) is 7.22.